The number of hydrogen-bond donors (Lipinski definition) is 1. The maximum atomic E-state index is 6.05. The van der Waals surface area contributed by atoms with E-state index in [4.69, 9.17) is 16.3 Å². The van der Waals surface area contributed by atoms with Crippen LogP contribution in [0.2, 0.25) is 5.02 Å². The normalized spacial score (nSPS) is 12.2. The van der Waals surface area contributed by atoms with Crippen LogP contribution in [0.4, 0.5) is 5.69 Å². The zero-order chi connectivity index (χ0) is 13.8. The number of rotatable bonds is 5. The van der Waals surface area contributed by atoms with Gasteiger partial charge in [0.05, 0.1) is 22.1 Å². The molecule has 0 fully saturated rings. The zero-order valence-corrected chi connectivity index (χ0v) is 13.9. The third kappa shape index (κ3) is 3.88. The molecule has 1 atom stereocenters. The van der Waals surface area contributed by atoms with Crippen molar-refractivity contribution < 1.29 is 4.74 Å². The van der Waals surface area contributed by atoms with E-state index in [0.717, 1.165) is 15.2 Å². The summed E-state index contributed by atoms with van der Waals surface area (Å²) in [6.45, 7) is 4.72. The first kappa shape index (κ1) is 14.7. The Labute approximate surface area is 130 Å². The lowest BCUT2D eigenvalue weighted by molar-refractivity contribution is 0.341. The lowest BCUT2D eigenvalue weighted by atomic mass is 10.2. The second kappa shape index (κ2) is 6.64. The van der Waals surface area contributed by atoms with Crippen molar-refractivity contribution in [3.8, 4) is 5.75 Å². The molecular weight excluding hydrogens is 346 g/mol. The van der Waals surface area contributed by atoms with Gasteiger partial charge in [-0.15, -0.1) is 11.3 Å². The molecule has 0 saturated carbocycles. The number of halogens is 2. The molecule has 0 bridgehead atoms. The predicted octanol–water partition coefficient (Wildman–Crippen LogP) is 5.74. The van der Waals surface area contributed by atoms with Crippen molar-refractivity contribution in [3.63, 3.8) is 0 Å². The number of thiophene rings is 1. The SMILES string of the molecule is CCOc1ccc(Cl)cc1NC(C)c1ccc(Br)s1. The molecule has 1 N–H and O–H groups in total. The first-order valence-electron chi connectivity index (χ1n) is 6.04. The molecule has 0 saturated heterocycles. The van der Waals surface area contributed by atoms with Crippen molar-refractivity contribution in [2.45, 2.75) is 19.9 Å². The average Bonchev–Trinajstić information content (AvgIpc) is 2.80. The van der Waals surface area contributed by atoms with Gasteiger partial charge in [0, 0.05) is 9.90 Å². The second-order valence-electron chi connectivity index (χ2n) is 4.08. The van der Waals surface area contributed by atoms with Crippen molar-refractivity contribution in [1.82, 2.24) is 0 Å². The van der Waals surface area contributed by atoms with Crippen molar-refractivity contribution in [1.29, 1.82) is 0 Å². The fourth-order valence-electron chi connectivity index (χ4n) is 1.76. The summed E-state index contributed by atoms with van der Waals surface area (Å²) < 4.78 is 6.74. The monoisotopic (exact) mass is 359 g/mol. The van der Waals surface area contributed by atoms with Crippen molar-refractivity contribution in [2.75, 3.05) is 11.9 Å². The third-order valence-electron chi connectivity index (χ3n) is 2.63. The summed E-state index contributed by atoms with van der Waals surface area (Å²) in [5, 5.41) is 4.15. The van der Waals surface area contributed by atoms with Crippen LogP contribution in [0.3, 0.4) is 0 Å². The van der Waals surface area contributed by atoms with E-state index < -0.39 is 0 Å². The van der Waals surface area contributed by atoms with Crippen molar-refractivity contribution >= 4 is 44.6 Å². The largest absolute Gasteiger partial charge is 0.492 e. The lowest BCUT2D eigenvalue weighted by Gasteiger charge is -2.17. The molecule has 1 aromatic heterocycles. The van der Waals surface area contributed by atoms with E-state index in [1.165, 1.54) is 4.88 Å². The van der Waals surface area contributed by atoms with Gasteiger partial charge in [0.25, 0.3) is 0 Å². The highest BCUT2D eigenvalue weighted by Crippen LogP contribution is 2.34. The number of ether oxygens (including phenoxy) is 1. The van der Waals surface area contributed by atoms with E-state index >= 15 is 0 Å². The molecule has 2 nitrogen and oxygen atoms in total. The number of hydrogen-bond acceptors (Lipinski definition) is 3. The molecule has 0 aliphatic heterocycles. The van der Waals surface area contributed by atoms with E-state index in [-0.39, 0.29) is 6.04 Å². The molecule has 0 aliphatic rings. The van der Waals surface area contributed by atoms with Gasteiger partial charge in [-0.1, -0.05) is 11.6 Å². The van der Waals surface area contributed by atoms with Gasteiger partial charge in [0.15, 0.2) is 0 Å². The molecule has 5 heteroatoms. The molecule has 2 aromatic rings. The van der Waals surface area contributed by atoms with Gasteiger partial charge < -0.3 is 10.1 Å². The van der Waals surface area contributed by atoms with E-state index in [9.17, 15) is 0 Å². The maximum absolute atomic E-state index is 6.05. The minimum absolute atomic E-state index is 0.203. The minimum Gasteiger partial charge on any atom is -0.492 e. The van der Waals surface area contributed by atoms with Crippen LogP contribution >= 0.6 is 38.9 Å². The van der Waals surface area contributed by atoms with Gasteiger partial charge >= 0.3 is 0 Å². The minimum atomic E-state index is 0.203. The van der Waals surface area contributed by atoms with Crippen LogP contribution in [-0.2, 0) is 0 Å². The van der Waals surface area contributed by atoms with Crippen molar-refractivity contribution in [3.05, 3.63) is 44.0 Å². The molecule has 1 heterocycles. The maximum Gasteiger partial charge on any atom is 0.142 e. The van der Waals surface area contributed by atoms with E-state index in [1.807, 2.05) is 25.1 Å². The first-order valence-corrected chi connectivity index (χ1v) is 8.03. The Hall–Kier alpha value is -0.710. The van der Waals surface area contributed by atoms with Gasteiger partial charge in [0.2, 0.25) is 0 Å². The van der Waals surface area contributed by atoms with Crippen LogP contribution in [0.5, 0.6) is 5.75 Å². The van der Waals surface area contributed by atoms with Crippen LogP contribution in [0.1, 0.15) is 24.8 Å². The summed E-state index contributed by atoms with van der Waals surface area (Å²) in [5.74, 6) is 0.828. The standard InChI is InChI=1S/C14H15BrClNOS/c1-3-18-12-5-4-10(16)8-11(12)17-9(2)13-6-7-14(15)19-13/h4-9,17H,3H2,1-2H3. The van der Waals surface area contributed by atoms with Crippen LogP contribution in [-0.4, -0.2) is 6.61 Å². The number of benzene rings is 1. The molecule has 0 radical (unpaired) electrons. The molecular formula is C14H15BrClNOS. The number of anilines is 1. The Morgan fingerprint density at radius 3 is 2.79 bits per heavy atom. The van der Waals surface area contributed by atoms with Gasteiger partial charge in [-0.3, -0.25) is 0 Å². The van der Waals surface area contributed by atoms with Gasteiger partial charge in [-0.25, -0.2) is 0 Å². The highest BCUT2D eigenvalue weighted by atomic mass is 79.9. The summed E-state index contributed by atoms with van der Waals surface area (Å²) in [6.07, 6.45) is 0. The fourth-order valence-corrected chi connectivity index (χ4v) is 3.36. The summed E-state index contributed by atoms with van der Waals surface area (Å²) >= 11 is 11.3. The van der Waals surface area contributed by atoms with Crippen molar-refractivity contribution in [2.24, 2.45) is 0 Å². The van der Waals surface area contributed by atoms with Gasteiger partial charge in [-0.05, 0) is 60.1 Å². The van der Waals surface area contributed by atoms with Crippen LogP contribution in [0.15, 0.2) is 34.1 Å². The molecule has 19 heavy (non-hydrogen) atoms. The molecule has 1 unspecified atom stereocenters. The number of nitrogens with one attached hydrogen (secondary N) is 1. The zero-order valence-electron chi connectivity index (χ0n) is 10.7. The molecule has 0 aliphatic carbocycles. The Morgan fingerprint density at radius 1 is 1.37 bits per heavy atom. The Balaban J connectivity index is 2.19. The van der Waals surface area contributed by atoms with Crippen LogP contribution in [0, 0.1) is 0 Å². The molecule has 0 spiro atoms. The van der Waals surface area contributed by atoms with E-state index in [2.05, 4.69) is 40.3 Å². The molecule has 0 amide bonds. The highest BCUT2D eigenvalue weighted by molar-refractivity contribution is 9.11. The van der Waals surface area contributed by atoms with E-state index in [0.29, 0.717) is 11.6 Å². The van der Waals surface area contributed by atoms with Crippen LogP contribution in [0.25, 0.3) is 0 Å². The third-order valence-corrected chi connectivity index (χ3v) is 4.68. The van der Waals surface area contributed by atoms with Crippen LogP contribution < -0.4 is 10.1 Å². The topological polar surface area (TPSA) is 21.3 Å². The summed E-state index contributed by atoms with van der Waals surface area (Å²) in [6, 6.07) is 9.99. The average molecular weight is 361 g/mol. The predicted molar refractivity (Wildman–Crippen MR) is 86.7 cm³/mol. The summed E-state index contributed by atoms with van der Waals surface area (Å²) in [5.41, 5.74) is 0.923. The summed E-state index contributed by atoms with van der Waals surface area (Å²) in [4.78, 5) is 1.26. The quantitative estimate of drug-likeness (QED) is 0.734. The molecule has 102 valence electrons. The Kier molecular flexibility index (Phi) is 5.13. The summed E-state index contributed by atoms with van der Waals surface area (Å²) in [7, 11) is 0. The Morgan fingerprint density at radius 2 is 2.16 bits per heavy atom. The van der Waals surface area contributed by atoms with Gasteiger partial charge in [-0.2, -0.15) is 0 Å². The lowest BCUT2D eigenvalue weighted by Crippen LogP contribution is -2.06. The second-order valence-corrected chi connectivity index (χ2v) is 7.01. The van der Waals surface area contributed by atoms with Gasteiger partial charge in [0.1, 0.15) is 5.75 Å². The van der Waals surface area contributed by atoms with E-state index in [1.54, 1.807) is 11.3 Å². The first-order chi connectivity index (χ1) is 9.10. The smallest absolute Gasteiger partial charge is 0.142 e. The Bertz CT molecular complexity index is 558. The fraction of sp³-hybridized carbons (Fsp3) is 0.286. The molecule has 2 rings (SSSR count). The highest BCUT2D eigenvalue weighted by Gasteiger charge is 2.11. The molecule has 1 aromatic carbocycles.